The molecule has 0 radical (unpaired) electrons. The molecule has 0 saturated carbocycles. The number of carbonyl (C=O) groups excluding carboxylic acids is 1. The number of hydrogen-bond acceptors (Lipinski definition) is 4. The molecule has 1 aromatic carbocycles. The summed E-state index contributed by atoms with van der Waals surface area (Å²) in [5, 5.41) is 7.01. The van der Waals surface area contributed by atoms with Crippen LogP contribution in [0.3, 0.4) is 0 Å². The minimum atomic E-state index is -0.339. The lowest BCUT2D eigenvalue weighted by Crippen LogP contribution is -2.36. The van der Waals surface area contributed by atoms with E-state index in [9.17, 15) is 4.79 Å². The molecule has 1 unspecified atom stereocenters. The van der Waals surface area contributed by atoms with Gasteiger partial charge < -0.3 is 15.0 Å². The van der Waals surface area contributed by atoms with Crippen LogP contribution >= 0.6 is 0 Å². The van der Waals surface area contributed by atoms with Gasteiger partial charge in [0.15, 0.2) is 0 Å². The van der Waals surface area contributed by atoms with Crippen LogP contribution in [0.4, 0.5) is 11.4 Å². The molecule has 6 heteroatoms. The van der Waals surface area contributed by atoms with Gasteiger partial charge in [0.25, 0.3) is 0 Å². The van der Waals surface area contributed by atoms with Crippen LogP contribution in [-0.4, -0.2) is 42.0 Å². The smallest absolute Gasteiger partial charge is 0.248 e. The van der Waals surface area contributed by atoms with Crippen LogP contribution < -0.4 is 10.2 Å². The number of hydrogen-bond donors (Lipinski definition) is 1. The van der Waals surface area contributed by atoms with Crippen molar-refractivity contribution in [3.05, 3.63) is 42.7 Å². The largest absolute Gasteiger partial charge is 0.378 e. The topological polar surface area (TPSA) is 59.4 Å². The predicted octanol–water partition coefficient (Wildman–Crippen LogP) is 1.92. The lowest BCUT2D eigenvalue weighted by atomic mass is 10.2. The fraction of sp³-hybridized carbons (Fsp3) is 0.375. The number of amides is 1. The van der Waals surface area contributed by atoms with Crippen LogP contribution in [-0.2, 0) is 9.53 Å². The summed E-state index contributed by atoms with van der Waals surface area (Å²) in [5.74, 6) is -0.0807. The van der Waals surface area contributed by atoms with E-state index in [1.54, 1.807) is 23.1 Å². The maximum Gasteiger partial charge on any atom is 0.248 e. The Morgan fingerprint density at radius 2 is 2.00 bits per heavy atom. The summed E-state index contributed by atoms with van der Waals surface area (Å²) in [6.45, 7) is 5.16. The zero-order valence-electron chi connectivity index (χ0n) is 12.6. The maximum atomic E-state index is 12.2. The molecule has 1 fully saturated rings. The third-order valence-electron chi connectivity index (χ3n) is 3.81. The Bertz CT molecular complexity index is 604. The quantitative estimate of drug-likeness (QED) is 0.937. The highest BCUT2D eigenvalue weighted by Crippen LogP contribution is 2.19. The Morgan fingerprint density at radius 3 is 2.64 bits per heavy atom. The lowest BCUT2D eigenvalue weighted by Gasteiger charge is -2.28. The van der Waals surface area contributed by atoms with Gasteiger partial charge in [-0.05, 0) is 37.3 Å². The first-order valence-corrected chi connectivity index (χ1v) is 7.47. The summed E-state index contributed by atoms with van der Waals surface area (Å²) < 4.78 is 6.99. The number of benzene rings is 1. The number of morpholine rings is 1. The van der Waals surface area contributed by atoms with E-state index >= 15 is 0 Å². The first-order chi connectivity index (χ1) is 10.7. The molecular weight excluding hydrogens is 280 g/mol. The van der Waals surface area contributed by atoms with Gasteiger partial charge in [-0.3, -0.25) is 9.48 Å². The van der Waals surface area contributed by atoms with Gasteiger partial charge in [-0.15, -0.1) is 0 Å². The van der Waals surface area contributed by atoms with Gasteiger partial charge in [0.05, 0.1) is 13.2 Å². The van der Waals surface area contributed by atoms with Crippen molar-refractivity contribution in [1.29, 1.82) is 0 Å². The SMILES string of the molecule is CC(C(=O)Nc1ccc(N2CCOCC2)cc1)n1cccn1. The van der Waals surface area contributed by atoms with Crippen molar-refractivity contribution in [2.45, 2.75) is 13.0 Å². The van der Waals surface area contributed by atoms with Crippen molar-refractivity contribution in [2.24, 2.45) is 0 Å². The van der Waals surface area contributed by atoms with E-state index in [0.29, 0.717) is 0 Å². The van der Waals surface area contributed by atoms with Gasteiger partial charge in [-0.2, -0.15) is 5.10 Å². The molecule has 1 saturated heterocycles. The van der Waals surface area contributed by atoms with Gasteiger partial charge in [0.2, 0.25) is 5.91 Å². The van der Waals surface area contributed by atoms with Gasteiger partial charge >= 0.3 is 0 Å². The summed E-state index contributed by atoms with van der Waals surface area (Å²) in [6, 6.07) is 9.38. The summed E-state index contributed by atoms with van der Waals surface area (Å²) in [7, 11) is 0. The van der Waals surface area contributed by atoms with E-state index in [-0.39, 0.29) is 11.9 Å². The third kappa shape index (κ3) is 3.28. The van der Waals surface area contributed by atoms with E-state index in [4.69, 9.17) is 4.74 Å². The molecule has 2 aromatic rings. The second kappa shape index (κ2) is 6.62. The third-order valence-corrected chi connectivity index (χ3v) is 3.81. The molecule has 22 heavy (non-hydrogen) atoms. The Morgan fingerprint density at radius 1 is 1.27 bits per heavy atom. The molecule has 116 valence electrons. The van der Waals surface area contributed by atoms with Crippen molar-refractivity contribution in [3.63, 3.8) is 0 Å². The average molecular weight is 300 g/mol. The molecule has 2 heterocycles. The van der Waals surface area contributed by atoms with Crippen LogP contribution in [0.25, 0.3) is 0 Å². The Labute approximate surface area is 129 Å². The van der Waals surface area contributed by atoms with Crippen molar-refractivity contribution in [2.75, 3.05) is 36.5 Å². The molecule has 3 rings (SSSR count). The summed E-state index contributed by atoms with van der Waals surface area (Å²) in [5.41, 5.74) is 1.95. The summed E-state index contributed by atoms with van der Waals surface area (Å²) in [6.07, 6.45) is 3.45. The van der Waals surface area contributed by atoms with Crippen LogP contribution in [0.2, 0.25) is 0 Å². The molecule has 6 nitrogen and oxygen atoms in total. The molecule has 1 aromatic heterocycles. The monoisotopic (exact) mass is 300 g/mol. The van der Waals surface area contributed by atoms with Gasteiger partial charge in [0.1, 0.15) is 6.04 Å². The Balaban J connectivity index is 1.62. The number of ether oxygens (including phenoxy) is 1. The van der Waals surface area contributed by atoms with Crippen LogP contribution in [0.15, 0.2) is 42.7 Å². The van der Waals surface area contributed by atoms with E-state index in [1.165, 1.54) is 0 Å². The lowest BCUT2D eigenvalue weighted by molar-refractivity contribution is -0.119. The number of nitrogens with zero attached hydrogens (tertiary/aromatic N) is 3. The molecule has 0 spiro atoms. The van der Waals surface area contributed by atoms with Gasteiger partial charge in [-0.25, -0.2) is 0 Å². The predicted molar refractivity (Wildman–Crippen MR) is 85.0 cm³/mol. The number of rotatable bonds is 4. The van der Waals surface area contributed by atoms with Crippen molar-refractivity contribution in [1.82, 2.24) is 9.78 Å². The fourth-order valence-electron chi connectivity index (χ4n) is 2.45. The first kappa shape index (κ1) is 14.6. The molecule has 1 atom stereocenters. The first-order valence-electron chi connectivity index (χ1n) is 7.47. The van der Waals surface area contributed by atoms with E-state index in [0.717, 1.165) is 37.7 Å². The molecular formula is C16H20N4O2. The molecule has 1 aliphatic heterocycles. The minimum Gasteiger partial charge on any atom is -0.378 e. The fourth-order valence-corrected chi connectivity index (χ4v) is 2.45. The highest BCUT2D eigenvalue weighted by Gasteiger charge is 2.15. The summed E-state index contributed by atoms with van der Waals surface area (Å²) in [4.78, 5) is 14.5. The zero-order valence-corrected chi connectivity index (χ0v) is 12.6. The molecule has 1 aliphatic rings. The number of aromatic nitrogens is 2. The highest BCUT2D eigenvalue weighted by molar-refractivity contribution is 5.93. The van der Waals surface area contributed by atoms with Crippen LogP contribution in [0.1, 0.15) is 13.0 Å². The Kier molecular flexibility index (Phi) is 4.39. The standard InChI is InChI=1S/C16H20N4O2/c1-13(20-8-2-7-17-20)16(21)18-14-3-5-15(6-4-14)19-9-11-22-12-10-19/h2-8,13H,9-12H2,1H3,(H,18,21). The second-order valence-corrected chi connectivity index (χ2v) is 5.30. The normalized spacial score (nSPS) is 16.3. The number of nitrogens with one attached hydrogen (secondary N) is 1. The van der Waals surface area contributed by atoms with Crippen molar-refractivity contribution >= 4 is 17.3 Å². The van der Waals surface area contributed by atoms with E-state index in [2.05, 4.69) is 15.3 Å². The van der Waals surface area contributed by atoms with E-state index < -0.39 is 0 Å². The van der Waals surface area contributed by atoms with Crippen LogP contribution in [0, 0.1) is 0 Å². The van der Waals surface area contributed by atoms with E-state index in [1.807, 2.05) is 31.2 Å². The minimum absolute atomic E-state index is 0.0807. The van der Waals surface area contributed by atoms with Gasteiger partial charge in [-0.1, -0.05) is 0 Å². The summed E-state index contributed by atoms with van der Waals surface area (Å²) >= 11 is 0. The van der Waals surface area contributed by atoms with Crippen molar-refractivity contribution < 1.29 is 9.53 Å². The highest BCUT2D eigenvalue weighted by atomic mass is 16.5. The molecule has 1 N–H and O–H groups in total. The Hall–Kier alpha value is -2.34. The molecule has 0 aliphatic carbocycles. The molecule has 1 amide bonds. The van der Waals surface area contributed by atoms with Gasteiger partial charge in [0, 0.05) is 36.9 Å². The van der Waals surface area contributed by atoms with Crippen LogP contribution in [0.5, 0.6) is 0 Å². The number of anilines is 2. The number of carbonyl (C=O) groups is 1. The zero-order chi connectivity index (χ0) is 15.4. The second-order valence-electron chi connectivity index (χ2n) is 5.30. The van der Waals surface area contributed by atoms with Crippen molar-refractivity contribution in [3.8, 4) is 0 Å². The molecule has 0 bridgehead atoms. The average Bonchev–Trinajstić information content (AvgIpc) is 3.10. The maximum absolute atomic E-state index is 12.2.